The highest BCUT2D eigenvalue weighted by Crippen LogP contribution is 2.27. The van der Waals surface area contributed by atoms with Crippen molar-refractivity contribution in [3.8, 4) is 16.6 Å². The van der Waals surface area contributed by atoms with Gasteiger partial charge in [0.05, 0.1) is 5.56 Å². The van der Waals surface area contributed by atoms with Crippen molar-refractivity contribution in [1.82, 2.24) is 4.98 Å². The van der Waals surface area contributed by atoms with E-state index in [1.165, 1.54) is 23.5 Å². The summed E-state index contributed by atoms with van der Waals surface area (Å²) >= 11 is 4.68. The van der Waals surface area contributed by atoms with Crippen molar-refractivity contribution >= 4 is 27.3 Å². The van der Waals surface area contributed by atoms with Gasteiger partial charge in [0.15, 0.2) is 0 Å². The molecule has 0 N–H and O–H groups in total. The zero-order valence-corrected chi connectivity index (χ0v) is 9.77. The number of thiazole rings is 1. The molecule has 1 heterocycles. The third kappa shape index (κ3) is 2.06. The van der Waals surface area contributed by atoms with Gasteiger partial charge in [0.2, 0.25) is 0 Å². The van der Waals surface area contributed by atoms with E-state index < -0.39 is 5.82 Å². The minimum Gasteiger partial charge on any atom is -0.229 e. The van der Waals surface area contributed by atoms with Crippen LogP contribution in [0.25, 0.3) is 10.6 Å². The van der Waals surface area contributed by atoms with E-state index in [1.807, 2.05) is 5.38 Å². The Labute approximate surface area is 98.1 Å². The van der Waals surface area contributed by atoms with Crippen molar-refractivity contribution in [2.45, 2.75) is 0 Å². The molecule has 0 fully saturated rings. The molecule has 0 spiro atoms. The fourth-order valence-electron chi connectivity index (χ4n) is 1.13. The first-order valence-corrected chi connectivity index (χ1v) is 5.69. The van der Waals surface area contributed by atoms with Crippen LogP contribution in [0.3, 0.4) is 0 Å². The van der Waals surface area contributed by atoms with Crippen LogP contribution in [0.15, 0.2) is 28.2 Å². The molecule has 2 aromatic rings. The Morgan fingerprint density at radius 3 is 2.87 bits per heavy atom. The van der Waals surface area contributed by atoms with Crippen molar-refractivity contribution in [1.29, 1.82) is 5.26 Å². The molecule has 0 bridgehead atoms. The molecule has 0 atom stereocenters. The monoisotopic (exact) mass is 282 g/mol. The summed E-state index contributed by atoms with van der Waals surface area (Å²) < 4.78 is 13.8. The van der Waals surface area contributed by atoms with Crippen molar-refractivity contribution in [3.05, 3.63) is 39.6 Å². The lowest BCUT2D eigenvalue weighted by Gasteiger charge is -1.97. The number of hydrogen-bond acceptors (Lipinski definition) is 3. The highest BCUT2D eigenvalue weighted by atomic mass is 79.9. The Bertz CT molecular complexity index is 545. The van der Waals surface area contributed by atoms with Crippen molar-refractivity contribution in [2.24, 2.45) is 0 Å². The van der Waals surface area contributed by atoms with Gasteiger partial charge in [-0.2, -0.15) is 5.26 Å². The summed E-state index contributed by atoms with van der Waals surface area (Å²) in [7, 11) is 0. The second kappa shape index (κ2) is 4.09. The second-order valence-corrected chi connectivity index (χ2v) is 4.45. The van der Waals surface area contributed by atoms with Gasteiger partial charge >= 0.3 is 0 Å². The molecule has 0 amide bonds. The topological polar surface area (TPSA) is 36.7 Å². The summed E-state index contributed by atoms with van der Waals surface area (Å²) in [5.41, 5.74) is 0.794. The van der Waals surface area contributed by atoms with Crippen LogP contribution in [0, 0.1) is 17.1 Å². The van der Waals surface area contributed by atoms with Gasteiger partial charge in [0, 0.05) is 10.9 Å². The summed E-state index contributed by atoms with van der Waals surface area (Å²) in [5.74, 6) is -0.503. The van der Waals surface area contributed by atoms with Gasteiger partial charge in [-0.3, -0.25) is 0 Å². The van der Waals surface area contributed by atoms with Gasteiger partial charge in [-0.25, -0.2) is 9.37 Å². The Morgan fingerprint density at radius 1 is 1.47 bits per heavy atom. The molecule has 0 saturated carbocycles. The first-order chi connectivity index (χ1) is 7.20. The van der Waals surface area contributed by atoms with Crippen LogP contribution in [0.2, 0.25) is 0 Å². The quantitative estimate of drug-likeness (QED) is 0.802. The zero-order chi connectivity index (χ0) is 10.8. The molecule has 0 aliphatic rings. The van der Waals surface area contributed by atoms with Gasteiger partial charge in [0.25, 0.3) is 0 Å². The fourth-order valence-corrected chi connectivity index (χ4v) is 2.38. The minimum atomic E-state index is -0.503. The molecule has 0 radical (unpaired) electrons. The van der Waals surface area contributed by atoms with Crippen LogP contribution >= 0.6 is 27.3 Å². The lowest BCUT2D eigenvalue weighted by atomic mass is 10.1. The first kappa shape index (κ1) is 10.3. The Hall–Kier alpha value is -1.25. The zero-order valence-electron chi connectivity index (χ0n) is 7.37. The molecule has 2 nitrogen and oxygen atoms in total. The molecule has 5 heteroatoms. The maximum absolute atomic E-state index is 13.0. The molecular weight excluding hydrogens is 279 g/mol. The van der Waals surface area contributed by atoms with E-state index in [9.17, 15) is 4.39 Å². The minimum absolute atomic E-state index is 0.0406. The number of aromatic nitrogens is 1. The summed E-state index contributed by atoms with van der Waals surface area (Å²) in [4.78, 5) is 4.19. The molecular formula is C10H4BrFN2S. The van der Waals surface area contributed by atoms with E-state index in [1.54, 1.807) is 12.1 Å². The third-order valence-corrected chi connectivity index (χ3v) is 3.41. The lowest BCUT2D eigenvalue weighted by Crippen LogP contribution is -1.84. The van der Waals surface area contributed by atoms with Crippen LogP contribution in [0.1, 0.15) is 5.56 Å². The largest absolute Gasteiger partial charge is 0.229 e. The van der Waals surface area contributed by atoms with E-state index in [0.717, 1.165) is 15.2 Å². The molecule has 15 heavy (non-hydrogen) atoms. The first-order valence-electron chi connectivity index (χ1n) is 4.02. The number of benzene rings is 1. The van der Waals surface area contributed by atoms with Crippen molar-refractivity contribution < 1.29 is 4.39 Å². The van der Waals surface area contributed by atoms with E-state index >= 15 is 0 Å². The van der Waals surface area contributed by atoms with E-state index in [4.69, 9.17) is 5.26 Å². The van der Waals surface area contributed by atoms with Crippen molar-refractivity contribution in [2.75, 3.05) is 0 Å². The molecule has 74 valence electrons. The molecule has 0 unspecified atom stereocenters. The van der Waals surface area contributed by atoms with Crippen LogP contribution in [-0.4, -0.2) is 4.98 Å². The maximum Gasteiger partial charge on any atom is 0.140 e. The fraction of sp³-hybridized carbons (Fsp3) is 0. The Morgan fingerprint density at radius 2 is 2.27 bits per heavy atom. The second-order valence-electron chi connectivity index (χ2n) is 2.78. The highest BCUT2D eigenvalue weighted by Gasteiger charge is 2.07. The normalized spacial score (nSPS) is 9.93. The predicted molar refractivity (Wildman–Crippen MR) is 59.9 cm³/mol. The van der Waals surface area contributed by atoms with Gasteiger partial charge < -0.3 is 0 Å². The number of nitriles is 1. The average molecular weight is 283 g/mol. The molecule has 1 aromatic heterocycles. The van der Waals surface area contributed by atoms with Crippen molar-refractivity contribution in [3.63, 3.8) is 0 Å². The smallest absolute Gasteiger partial charge is 0.140 e. The standard InChI is InChI=1S/C10H4BrFN2S/c11-9-5-15-10(14-9)6-1-2-8(12)7(3-6)4-13/h1-3,5H. The molecule has 0 saturated heterocycles. The average Bonchev–Trinajstić information content (AvgIpc) is 2.66. The third-order valence-electron chi connectivity index (χ3n) is 1.81. The summed E-state index contributed by atoms with van der Waals surface area (Å²) in [5, 5.41) is 11.3. The maximum atomic E-state index is 13.0. The van der Waals surface area contributed by atoms with Crippen LogP contribution < -0.4 is 0 Å². The molecule has 0 aliphatic heterocycles. The molecule has 2 rings (SSSR count). The number of hydrogen-bond donors (Lipinski definition) is 0. The number of rotatable bonds is 1. The van der Waals surface area contributed by atoms with Crippen LogP contribution in [-0.2, 0) is 0 Å². The van der Waals surface area contributed by atoms with Gasteiger partial charge in [-0.05, 0) is 34.1 Å². The lowest BCUT2D eigenvalue weighted by molar-refractivity contribution is 0.624. The van der Waals surface area contributed by atoms with Crippen LogP contribution in [0.4, 0.5) is 4.39 Å². The van der Waals surface area contributed by atoms with Gasteiger partial charge in [0.1, 0.15) is 21.5 Å². The van der Waals surface area contributed by atoms with E-state index in [-0.39, 0.29) is 5.56 Å². The van der Waals surface area contributed by atoms with Gasteiger partial charge in [-0.1, -0.05) is 0 Å². The van der Waals surface area contributed by atoms with Crippen LogP contribution in [0.5, 0.6) is 0 Å². The Kier molecular flexibility index (Phi) is 2.80. The van der Waals surface area contributed by atoms with Gasteiger partial charge in [-0.15, -0.1) is 11.3 Å². The Balaban J connectivity index is 2.51. The summed E-state index contributed by atoms with van der Waals surface area (Å²) in [6.45, 7) is 0. The predicted octanol–water partition coefficient (Wildman–Crippen LogP) is 3.58. The molecule has 0 aliphatic carbocycles. The summed E-state index contributed by atoms with van der Waals surface area (Å²) in [6, 6.07) is 6.20. The SMILES string of the molecule is N#Cc1cc(-c2nc(Br)cs2)ccc1F. The van der Waals surface area contributed by atoms with E-state index in [2.05, 4.69) is 20.9 Å². The van der Waals surface area contributed by atoms with E-state index in [0.29, 0.717) is 0 Å². The highest BCUT2D eigenvalue weighted by molar-refractivity contribution is 9.10. The summed E-state index contributed by atoms with van der Waals surface area (Å²) in [6.07, 6.45) is 0. The number of nitrogens with zero attached hydrogens (tertiary/aromatic N) is 2. The molecule has 1 aromatic carbocycles. The number of halogens is 2.